The maximum atomic E-state index is 4.65. The van der Waals surface area contributed by atoms with E-state index in [2.05, 4.69) is 41.4 Å². The molecule has 1 unspecified atom stereocenters. The maximum Gasteiger partial charge on any atom is 0.135 e. The van der Waals surface area contributed by atoms with Crippen LogP contribution in [0.25, 0.3) is 0 Å². The second kappa shape index (κ2) is 6.91. The maximum absolute atomic E-state index is 4.65. The largest absolute Gasteiger partial charge is 0.373 e. The minimum atomic E-state index is 0.342. The molecule has 1 aliphatic rings. The van der Waals surface area contributed by atoms with E-state index in [1.165, 1.54) is 32.1 Å². The quantitative estimate of drug-likeness (QED) is 0.852. The Labute approximate surface area is 122 Å². The van der Waals surface area contributed by atoms with E-state index in [4.69, 9.17) is 0 Å². The van der Waals surface area contributed by atoms with Gasteiger partial charge in [-0.2, -0.15) is 0 Å². The lowest BCUT2D eigenvalue weighted by atomic mass is 9.84. The van der Waals surface area contributed by atoms with Crippen molar-refractivity contribution in [2.45, 2.75) is 64.8 Å². The highest BCUT2D eigenvalue weighted by molar-refractivity contribution is 5.48. The van der Waals surface area contributed by atoms with Gasteiger partial charge in [-0.15, -0.1) is 0 Å². The molecule has 20 heavy (non-hydrogen) atoms. The summed E-state index contributed by atoms with van der Waals surface area (Å²) < 4.78 is 0. The van der Waals surface area contributed by atoms with Crippen LogP contribution in [0.1, 0.15) is 64.6 Å². The molecule has 0 aromatic carbocycles. The summed E-state index contributed by atoms with van der Waals surface area (Å²) in [4.78, 5) is 9.16. The molecule has 1 fully saturated rings. The van der Waals surface area contributed by atoms with Crippen molar-refractivity contribution in [3.05, 3.63) is 11.9 Å². The van der Waals surface area contributed by atoms with Crippen LogP contribution in [0.3, 0.4) is 0 Å². The molecule has 0 aliphatic heterocycles. The van der Waals surface area contributed by atoms with Crippen LogP contribution in [-0.4, -0.2) is 23.1 Å². The molecule has 2 rings (SSSR count). The zero-order chi connectivity index (χ0) is 14.5. The Morgan fingerprint density at radius 3 is 2.30 bits per heavy atom. The van der Waals surface area contributed by atoms with Crippen LogP contribution < -0.4 is 10.6 Å². The molecule has 1 saturated carbocycles. The van der Waals surface area contributed by atoms with Gasteiger partial charge in [0.15, 0.2) is 0 Å². The van der Waals surface area contributed by atoms with E-state index < -0.39 is 0 Å². The van der Waals surface area contributed by atoms with Crippen molar-refractivity contribution in [2.75, 3.05) is 17.7 Å². The second-order valence-electron chi connectivity index (χ2n) is 6.23. The standard InChI is InChI=1S/C16H28N4/c1-11(2)16-19-14(17-4)10-15(20-16)18-12(3)13-8-6-5-7-9-13/h10-13H,5-9H2,1-4H3,(H2,17,18,19,20). The van der Waals surface area contributed by atoms with Crippen LogP contribution in [0.4, 0.5) is 11.6 Å². The first kappa shape index (κ1) is 15.1. The summed E-state index contributed by atoms with van der Waals surface area (Å²) in [5.41, 5.74) is 0. The monoisotopic (exact) mass is 276 g/mol. The summed E-state index contributed by atoms with van der Waals surface area (Å²) >= 11 is 0. The topological polar surface area (TPSA) is 49.8 Å². The molecule has 1 atom stereocenters. The second-order valence-corrected chi connectivity index (χ2v) is 6.23. The number of nitrogens with one attached hydrogen (secondary N) is 2. The third-order valence-corrected chi connectivity index (χ3v) is 4.25. The average Bonchev–Trinajstić information content (AvgIpc) is 2.47. The van der Waals surface area contributed by atoms with E-state index in [-0.39, 0.29) is 0 Å². The number of hydrogen-bond donors (Lipinski definition) is 2. The number of rotatable bonds is 5. The van der Waals surface area contributed by atoms with Gasteiger partial charge in [-0.3, -0.25) is 0 Å². The fraction of sp³-hybridized carbons (Fsp3) is 0.750. The van der Waals surface area contributed by atoms with Crippen LogP contribution in [-0.2, 0) is 0 Å². The molecule has 112 valence electrons. The number of nitrogens with zero attached hydrogens (tertiary/aromatic N) is 2. The third-order valence-electron chi connectivity index (χ3n) is 4.25. The van der Waals surface area contributed by atoms with Gasteiger partial charge in [0.25, 0.3) is 0 Å². The highest BCUT2D eigenvalue weighted by Gasteiger charge is 2.20. The Balaban J connectivity index is 2.09. The van der Waals surface area contributed by atoms with Crippen molar-refractivity contribution in [3.63, 3.8) is 0 Å². The van der Waals surface area contributed by atoms with E-state index in [9.17, 15) is 0 Å². The first-order chi connectivity index (χ1) is 9.60. The highest BCUT2D eigenvalue weighted by atomic mass is 15.1. The molecule has 1 aromatic rings. The lowest BCUT2D eigenvalue weighted by Crippen LogP contribution is -2.28. The first-order valence-electron chi connectivity index (χ1n) is 7.93. The van der Waals surface area contributed by atoms with Crippen molar-refractivity contribution < 1.29 is 0 Å². The van der Waals surface area contributed by atoms with Gasteiger partial charge in [0, 0.05) is 25.1 Å². The normalized spacial score (nSPS) is 18.1. The van der Waals surface area contributed by atoms with Gasteiger partial charge >= 0.3 is 0 Å². The predicted octanol–water partition coefficient (Wildman–Crippen LogP) is 4.02. The van der Waals surface area contributed by atoms with Gasteiger partial charge < -0.3 is 10.6 Å². The number of anilines is 2. The van der Waals surface area contributed by atoms with Gasteiger partial charge in [0.1, 0.15) is 17.5 Å². The molecule has 1 aliphatic carbocycles. The summed E-state index contributed by atoms with van der Waals surface area (Å²) in [5, 5.41) is 6.71. The predicted molar refractivity (Wildman–Crippen MR) is 85.3 cm³/mol. The van der Waals surface area contributed by atoms with Crippen LogP contribution in [0.15, 0.2) is 6.07 Å². The zero-order valence-corrected chi connectivity index (χ0v) is 13.2. The molecule has 0 saturated heterocycles. The van der Waals surface area contributed by atoms with Gasteiger partial charge in [0.05, 0.1) is 0 Å². The molecule has 1 heterocycles. The lowest BCUT2D eigenvalue weighted by Gasteiger charge is -2.28. The van der Waals surface area contributed by atoms with E-state index in [1.807, 2.05) is 13.1 Å². The smallest absolute Gasteiger partial charge is 0.135 e. The van der Waals surface area contributed by atoms with Gasteiger partial charge in [-0.1, -0.05) is 33.1 Å². The van der Waals surface area contributed by atoms with E-state index in [1.54, 1.807) is 0 Å². The molecule has 1 aromatic heterocycles. The minimum absolute atomic E-state index is 0.342. The molecular formula is C16H28N4. The van der Waals surface area contributed by atoms with Crippen molar-refractivity contribution in [1.82, 2.24) is 9.97 Å². The Bertz CT molecular complexity index is 424. The molecule has 0 bridgehead atoms. The van der Waals surface area contributed by atoms with Gasteiger partial charge in [0.2, 0.25) is 0 Å². The van der Waals surface area contributed by atoms with Crippen LogP contribution in [0, 0.1) is 5.92 Å². The Kier molecular flexibility index (Phi) is 5.21. The molecule has 2 N–H and O–H groups in total. The van der Waals surface area contributed by atoms with Crippen LogP contribution in [0.2, 0.25) is 0 Å². The van der Waals surface area contributed by atoms with Crippen molar-refractivity contribution >= 4 is 11.6 Å². The summed E-state index contributed by atoms with van der Waals surface area (Å²) in [7, 11) is 1.90. The Morgan fingerprint density at radius 2 is 1.70 bits per heavy atom. The summed E-state index contributed by atoms with van der Waals surface area (Å²) in [6, 6.07) is 2.49. The fourth-order valence-electron chi connectivity index (χ4n) is 2.91. The molecule has 0 spiro atoms. The van der Waals surface area contributed by atoms with Crippen LogP contribution in [0.5, 0.6) is 0 Å². The lowest BCUT2D eigenvalue weighted by molar-refractivity contribution is 0.328. The number of aromatic nitrogens is 2. The van der Waals surface area contributed by atoms with Crippen LogP contribution >= 0.6 is 0 Å². The summed E-state index contributed by atoms with van der Waals surface area (Å²) in [5.74, 6) is 3.86. The first-order valence-corrected chi connectivity index (χ1v) is 7.93. The third kappa shape index (κ3) is 3.84. The average molecular weight is 276 g/mol. The summed E-state index contributed by atoms with van der Waals surface area (Å²) in [6.07, 6.45) is 6.83. The SMILES string of the molecule is CNc1cc(NC(C)C2CCCCC2)nc(C(C)C)n1. The molecule has 0 amide bonds. The molecule has 4 heteroatoms. The molecule has 0 radical (unpaired) electrons. The zero-order valence-electron chi connectivity index (χ0n) is 13.2. The van der Waals surface area contributed by atoms with Crippen molar-refractivity contribution in [1.29, 1.82) is 0 Å². The van der Waals surface area contributed by atoms with E-state index in [0.29, 0.717) is 12.0 Å². The minimum Gasteiger partial charge on any atom is -0.373 e. The molecular weight excluding hydrogens is 248 g/mol. The van der Waals surface area contributed by atoms with Crippen molar-refractivity contribution in [3.8, 4) is 0 Å². The molecule has 4 nitrogen and oxygen atoms in total. The van der Waals surface area contributed by atoms with E-state index in [0.717, 1.165) is 23.4 Å². The van der Waals surface area contributed by atoms with Gasteiger partial charge in [-0.25, -0.2) is 9.97 Å². The van der Waals surface area contributed by atoms with Gasteiger partial charge in [-0.05, 0) is 25.7 Å². The van der Waals surface area contributed by atoms with Crippen molar-refractivity contribution in [2.24, 2.45) is 5.92 Å². The summed E-state index contributed by atoms with van der Waals surface area (Å²) in [6.45, 7) is 6.54. The van der Waals surface area contributed by atoms with E-state index >= 15 is 0 Å². The fourth-order valence-corrected chi connectivity index (χ4v) is 2.91. The Hall–Kier alpha value is -1.32. The number of hydrogen-bond acceptors (Lipinski definition) is 4. The highest BCUT2D eigenvalue weighted by Crippen LogP contribution is 2.28. The Morgan fingerprint density at radius 1 is 1.05 bits per heavy atom.